The minimum Gasteiger partial charge on any atom is -0.478 e. The topological polar surface area (TPSA) is 79.6 Å². The molecule has 0 aliphatic carbocycles. The molecule has 1 aromatic heterocycles. The van der Waals surface area contributed by atoms with E-state index in [2.05, 4.69) is 9.98 Å². The van der Waals surface area contributed by atoms with E-state index >= 15 is 0 Å². The summed E-state index contributed by atoms with van der Waals surface area (Å²) in [7, 11) is 0. The molecule has 0 aromatic carbocycles. The van der Waals surface area contributed by atoms with Crippen LogP contribution < -0.4 is 0 Å². The number of nitrogens with zero attached hydrogens (tertiary/aromatic N) is 2. The summed E-state index contributed by atoms with van der Waals surface area (Å²) < 4.78 is 64.0. The maximum absolute atomic E-state index is 12.8. The molecule has 21 heavy (non-hydrogen) atoms. The Morgan fingerprint density at radius 1 is 1.43 bits per heavy atom. The monoisotopic (exact) mass is 310 g/mol. The van der Waals surface area contributed by atoms with Gasteiger partial charge in [0.25, 0.3) is 6.43 Å². The summed E-state index contributed by atoms with van der Waals surface area (Å²) in [6.07, 6.45) is -8.17. The van der Waals surface area contributed by atoms with Crippen molar-refractivity contribution in [2.75, 3.05) is 0 Å². The van der Waals surface area contributed by atoms with Crippen molar-refractivity contribution in [2.24, 2.45) is 4.99 Å². The van der Waals surface area contributed by atoms with Crippen molar-refractivity contribution in [2.45, 2.75) is 25.9 Å². The van der Waals surface area contributed by atoms with E-state index in [1.54, 1.807) is 0 Å². The number of carboxylic acid groups (broad SMARTS) is 1. The number of hydrogen-bond donors (Lipinski definition) is 1. The molecule has 1 rings (SSSR count). The lowest BCUT2D eigenvalue weighted by molar-refractivity contribution is -0.142. The summed E-state index contributed by atoms with van der Waals surface area (Å²) in [6.45, 7) is 1.24. The second kappa shape index (κ2) is 5.96. The van der Waals surface area contributed by atoms with Gasteiger partial charge in [-0.1, -0.05) is 6.92 Å². The number of hydrogen-bond acceptors (Lipinski definition) is 4. The third kappa shape index (κ3) is 3.22. The third-order valence-electron chi connectivity index (χ3n) is 2.50. The first kappa shape index (κ1) is 16.7. The van der Waals surface area contributed by atoms with Gasteiger partial charge in [-0.2, -0.15) is 18.2 Å². The van der Waals surface area contributed by atoms with E-state index in [0.29, 0.717) is 0 Å². The quantitative estimate of drug-likeness (QED) is 0.526. The van der Waals surface area contributed by atoms with Gasteiger partial charge in [0.15, 0.2) is 5.69 Å². The molecule has 0 aliphatic heterocycles. The van der Waals surface area contributed by atoms with Crippen molar-refractivity contribution in [1.29, 1.82) is 0 Å². The van der Waals surface area contributed by atoms with E-state index in [0.717, 1.165) is 6.08 Å². The molecule has 0 bridgehead atoms. The Hall–Kier alpha value is -2.35. The summed E-state index contributed by atoms with van der Waals surface area (Å²) in [5.74, 6) is -2.00. The summed E-state index contributed by atoms with van der Waals surface area (Å²) in [4.78, 5) is 26.8. The Morgan fingerprint density at radius 2 is 2.00 bits per heavy atom. The average Bonchev–Trinajstić information content (AvgIpc) is 2.36. The molecule has 114 valence electrons. The Balaban J connectivity index is 3.97. The fraction of sp³-hybridized carbons (Fsp3) is 0.364. The van der Waals surface area contributed by atoms with Crippen molar-refractivity contribution in [1.82, 2.24) is 4.98 Å². The van der Waals surface area contributed by atoms with E-state index < -0.39 is 46.8 Å². The highest BCUT2D eigenvalue weighted by Gasteiger charge is 2.41. The number of rotatable bonds is 4. The molecule has 0 spiro atoms. The van der Waals surface area contributed by atoms with Crippen LogP contribution in [0.3, 0.4) is 0 Å². The molecule has 1 heterocycles. The van der Waals surface area contributed by atoms with E-state index in [1.165, 1.54) is 6.92 Å². The number of alkyl halides is 5. The molecule has 0 unspecified atom stereocenters. The number of carbonyl (C=O) groups excluding carboxylic acids is 1. The van der Waals surface area contributed by atoms with Crippen molar-refractivity contribution < 1.29 is 36.6 Å². The van der Waals surface area contributed by atoms with Crippen LogP contribution >= 0.6 is 0 Å². The van der Waals surface area contributed by atoms with Gasteiger partial charge in [0, 0.05) is 0 Å². The van der Waals surface area contributed by atoms with Crippen LogP contribution in [0.5, 0.6) is 0 Å². The summed E-state index contributed by atoms with van der Waals surface area (Å²) in [6, 6.07) is 0. The normalized spacial score (nSPS) is 11.4. The van der Waals surface area contributed by atoms with E-state index in [-0.39, 0.29) is 6.42 Å². The zero-order valence-electron chi connectivity index (χ0n) is 10.3. The second-order valence-corrected chi connectivity index (χ2v) is 3.71. The number of halogens is 5. The van der Waals surface area contributed by atoms with Crippen molar-refractivity contribution in [3.63, 3.8) is 0 Å². The fourth-order valence-corrected chi connectivity index (χ4v) is 1.75. The van der Waals surface area contributed by atoms with E-state index in [1.807, 2.05) is 0 Å². The van der Waals surface area contributed by atoms with Crippen LogP contribution in [0, 0.1) is 0 Å². The standard InChI is InChI=1S/C11H7F5N2O3/c1-2-4-5(10(20)21)8(11(14,15)16)18-7(9(12)13)6(4)17-3-19/h9H,2H2,1H3,(H,20,21). The third-order valence-corrected chi connectivity index (χ3v) is 2.50. The SMILES string of the molecule is CCc1c(N=C=O)c(C(F)F)nc(C(F)(F)F)c1C(=O)O. The first-order valence-corrected chi connectivity index (χ1v) is 5.38. The van der Waals surface area contributed by atoms with Gasteiger partial charge in [-0.25, -0.2) is 23.4 Å². The number of carbonyl (C=O) groups is 1. The first-order valence-electron chi connectivity index (χ1n) is 5.38. The molecule has 1 aromatic rings. The lowest BCUT2D eigenvalue weighted by Crippen LogP contribution is -2.19. The maximum atomic E-state index is 12.8. The van der Waals surface area contributed by atoms with Crippen LogP contribution in [-0.4, -0.2) is 22.1 Å². The van der Waals surface area contributed by atoms with Crippen LogP contribution in [0.4, 0.5) is 27.6 Å². The van der Waals surface area contributed by atoms with Crippen LogP contribution in [0.25, 0.3) is 0 Å². The van der Waals surface area contributed by atoms with Crippen molar-refractivity contribution >= 4 is 17.7 Å². The molecule has 0 saturated carbocycles. The van der Waals surface area contributed by atoms with E-state index in [4.69, 9.17) is 5.11 Å². The molecule has 5 nitrogen and oxygen atoms in total. The summed E-state index contributed by atoms with van der Waals surface area (Å²) in [5.41, 5.74) is -6.21. The maximum Gasteiger partial charge on any atom is 0.434 e. The number of carboxylic acids is 1. The molecule has 1 N–H and O–H groups in total. The zero-order chi connectivity index (χ0) is 16.4. The highest BCUT2D eigenvalue weighted by molar-refractivity contribution is 5.93. The lowest BCUT2D eigenvalue weighted by Gasteiger charge is -2.16. The molecule has 10 heteroatoms. The summed E-state index contributed by atoms with van der Waals surface area (Å²) >= 11 is 0. The van der Waals surface area contributed by atoms with Crippen LogP contribution in [0.15, 0.2) is 4.99 Å². The Kier molecular flexibility index (Phi) is 4.74. The average molecular weight is 310 g/mol. The predicted octanol–water partition coefficient (Wildman–Crippen LogP) is 3.27. The van der Waals surface area contributed by atoms with Gasteiger partial charge >= 0.3 is 12.1 Å². The summed E-state index contributed by atoms with van der Waals surface area (Å²) in [5, 5.41) is 8.90. The van der Waals surface area contributed by atoms with Gasteiger partial charge in [-0.3, -0.25) is 0 Å². The Morgan fingerprint density at radius 3 is 2.33 bits per heavy atom. The smallest absolute Gasteiger partial charge is 0.434 e. The minimum atomic E-state index is -5.25. The lowest BCUT2D eigenvalue weighted by atomic mass is 9.99. The molecule has 0 fully saturated rings. The van der Waals surface area contributed by atoms with Crippen LogP contribution in [0.2, 0.25) is 0 Å². The molecular formula is C11H7F5N2O3. The second-order valence-electron chi connectivity index (χ2n) is 3.71. The zero-order valence-corrected chi connectivity index (χ0v) is 10.3. The van der Waals surface area contributed by atoms with Gasteiger partial charge in [0.05, 0.1) is 5.56 Å². The number of isocyanates is 1. The Bertz CT molecular complexity index is 621. The van der Waals surface area contributed by atoms with E-state index in [9.17, 15) is 31.5 Å². The van der Waals surface area contributed by atoms with Crippen molar-refractivity contribution in [3.05, 3.63) is 22.5 Å². The van der Waals surface area contributed by atoms with Gasteiger partial charge < -0.3 is 5.11 Å². The fourth-order valence-electron chi connectivity index (χ4n) is 1.75. The number of aliphatic imine (C=N–C) groups is 1. The largest absolute Gasteiger partial charge is 0.478 e. The Labute approximate surface area is 114 Å². The highest BCUT2D eigenvalue weighted by Crippen LogP contribution is 2.40. The first-order chi connectivity index (χ1) is 9.65. The predicted molar refractivity (Wildman–Crippen MR) is 58.3 cm³/mol. The molecule has 0 saturated heterocycles. The van der Waals surface area contributed by atoms with Crippen LogP contribution in [0.1, 0.15) is 40.7 Å². The molecule has 0 aliphatic rings. The minimum absolute atomic E-state index is 0.368. The van der Waals surface area contributed by atoms with Gasteiger partial charge in [-0.15, -0.1) is 0 Å². The number of aromatic nitrogens is 1. The highest BCUT2D eigenvalue weighted by atomic mass is 19.4. The van der Waals surface area contributed by atoms with Crippen molar-refractivity contribution in [3.8, 4) is 0 Å². The number of aromatic carboxylic acids is 1. The molecular weight excluding hydrogens is 303 g/mol. The van der Waals surface area contributed by atoms with Gasteiger partial charge in [0.1, 0.15) is 11.4 Å². The van der Waals surface area contributed by atoms with Gasteiger partial charge in [-0.05, 0) is 12.0 Å². The molecule has 0 atom stereocenters. The molecule has 0 amide bonds. The number of pyridine rings is 1. The van der Waals surface area contributed by atoms with Gasteiger partial charge in [0.2, 0.25) is 6.08 Å². The molecule has 0 radical (unpaired) electrons. The van der Waals surface area contributed by atoms with Crippen LogP contribution in [-0.2, 0) is 17.4 Å².